The van der Waals surface area contributed by atoms with Crippen LogP contribution >= 0.6 is 0 Å². The Labute approximate surface area is 242 Å². The van der Waals surface area contributed by atoms with Gasteiger partial charge in [-0.3, -0.25) is 0 Å². The number of amides is 1. The minimum atomic E-state index is -4.91. The van der Waals surface area contributed by atoms with Crippen LogP contribution in [0.25, 0.3) is 5.69 Å². The highest BCUT2D eigenvalue weighted by Crippen LogP contribution is 2.44. The number of nitrogens with zero attached hydrogens (tertiary/aromatic N) is 7. The molecule has 0 aliphatic carbocycles. The van der Waals surface area contributed by atoms with Gasteiger partial charge in [-0.25, -0.2) is 4.68 Å². The lowest BCUT2D eigenvalue weighted by atomic mass is 9.76. The van der Waals surface area contributed by atoms with Crippen LogP contribution in [0.1, 0.15) is 42.2 Å². The van der Waals surface area contributed by atoms with E-state index in [-0.39, 0.29) is 54.6 Å². The standard InChI is InChI=1S/C27H27F3N8O5/c1-15-4-7-38(35-15)18-10-16(13-31)2-3-17(18)22(27(28,29)30)43-21-11-20(33-24(32)34-21)36-8-5-26(6-9-36)12-19(23(39)40)37(14-26)25(41)42/h2-4,7,10-11,19,22H,5-6,8-9,12,14H2,1H3,(H,39,40)(H,41,42)(H2,32,33,34)/p-2. The van der Waals surface area contributed by atoms with E-state index in [1.807, 2.05) is 6.07 Å². The number of likely N-dealkylation sites (tertiary alicyclic amines) is 1. The second-order valence-electron chi connectivity index (χ2n) is 10.7. The first-order chi connectivity index (χ1) is 20.3. The Hall–Kier alpha value is -5.07. The van der Waals surface area contributed by atoms with Crippen LogP contribution in [0, 0.1) is 23.7 Å². The van der Waals surface area contributed by atoms with E-state index in [0.29, 0.717) is 18.5 Å². The molecule has 1 amide bonds. The lowest BCUT2D eigenvalue weighted by Gasteiger charge is -2.40. The number of alkyl halides is 3. The quantitative estimate of drug-likeness (QED) is 0.424. The number of anilines is 2. The zero-order chi connectivity index (χ0) is 31.1. The van der Waals surface area contributed by atoms with Gasteiger partial charge in [0.1, 0.15) is 11.9 Å². The van der Waals surface area contributed by atoms with Gasteiger partial charge in [-0.15, -0.1) is 0 Å². The molecule has 2 aromatic heterocycles. The molecule has 2 aliphatic heterocycles. The van der Waals surface area contributed by atoms with Crippen molar-refractivity contribution in [3.05, 3.63) is 53.3 Å². The number of aliphatic carboxylic acids is 1. The van der Waals surface area contributed by atoms with Gasteiger partial charge in [0.05, 0.1) is 35.0 Å². The predicted octanol–water partition coefficient (Wildman–Crippen LogP) is 0.861. The van der Waals surface area contributed by atoms with E-state index in [0.717, 1.165) is 11.0 Å². The van der Waals surface area contributed by atoms with E-state index in [1.165, 1.54) is 29.1 Å². The Morgan fingerprint density at radius 1 is 1.19 bits per heavy atom. The van der Waals surface area contributed by atoms with Crippen molar-refractivity contribution in [2.75, 3.05) is 30.3 Å². The smallest absolute Gasteiger partial charge is 0.429 e. The van der Waals surface area contributed by atoms with Crippen molar-refractivity contribution < 1.29 is 37.7 Å². The molecule has 5 rings (SSSR count). The molecule has 2 N–H and O–H groups in total. The molecule has 0 saturated carbocycles. The molecule has 43 heavy (non-hydrogen) atoms. The summed E-state index contributed by atoms with van der Waals surface area (Å²) in [5.41, 5.74) is 5.59. The number of halogens is 3. The Balaban J connectivity index is 1.40. The number of piperidine rings is 1. The summed E-state index contributed by atoms with van der Waals surface area (Å²) in [6, 6.07) is 7.10. The first-order valence-electron chi connectivity index (χ1n) is 13.2. The third-order valence-corrected chi connectivity index (χ3v) is 7.82. The Morgan fingerprint density at radius 3 is 2.47 bits per heavy atom. The highest BCUT2D eigenvalue weighted by atomic mass is 19.4. The van der Waals surface area contributed by atoms with Gasteiger partial charge < -0.3 is 40.1 Å². The molecular weight excluding hydrogens is 573 g/mol. The van der Waals surface area contributed by atoms with Gasteiger partial charge in [0.25, 0.3) is 0 Å². The molecule has 3 aromatic rings. The molecule has 0 bridgehead atoms. The molecule has 226 valence electrons. The van der Waals surface area contributed by atoms with Crippen molar-refractivity contribution >= 4 is 23.8 Å². The first-order valence-corrected chi connectivity index (χ1v) is 13.2. The van der Waals surface area contributed by atoms with Crippen molar-refractivity contribution in [2.24, 2.45) is 5.41 Å². The Kier molecular flexibility index (Phi) is 7.51. The van der Waals surface area contributed by atoms with Crippen LogP contribution in [0.2, 0.25) is 0 Å². The molecule has 2 unspecified atom stereocenters. The number of hydrogen-bond donors (Lipinski definition) is 1. The van der Waals surface area contributed by atoms with Crippen molar-refractivity contribution in [3.8, 4) is 17.6 Å². The average molecular weight is 599 g/mol. The molecule has 0 radical (unpaired) electrons. The average Bonchev–Trinajstić information content (AvgIpc) is 3.55. The SMILES string of the molecule is Cc1ccn(-c2cc(C#N)ccc2C(Oc2cc(N3CCC4(CC3)CC(C(=O)[O-])N(C(=O)[O-])C4)nc(N)n2)C(F)(F)F)n1. The number of carbonyl (C=O) groups is 2. The molecule has 2 fully saturated rings. The van der Waals surface area contributed by atoms with E-state index in [2.05, 4.69) is 15.1 Å². The Morgan fingerprint density at radius 2 is 1.91 bits per heavy atom. The maximum atomic E-state index is 14.5. The van der Waals surface area contributed by atoms with Gasteiger partial charge in [-0.1, -0.05) is 6.07 Å². The van der Waals surface area contributed by atoms with Gasteiger partial charge in [-0.05, 0) is 49.8 Å². The van der Waals surface area contributed by atoms with E-state index in [1.54, 1.807) is 17.9 Å². The number of aryl methyl sites for hydroxylation is 1. The number of carboxylic acids is 1. The van der Waals surface area contributed by atoms with Crippen molar-refractivity contribution in [1.29, 1.82) is 5.26 Å². The molecule has 1 spiro atoms. The maximum absolute atomic E-state index is 14.5. The normalized spacial score (nSPS) is 18.8. The van der Waals surface area contributed by atoms with Crippen LogP contribution in [0.15, 0.2) is 36.5 Å². The summed E-state index contributed by atoms with van der Waals surface area (Å²) in [5.74, 6) is -2.09. The number of carbonyl (C=O) groups excluding carboxylic acids is 2. The first kappa shape index (κ1) is 29.4. The molecule has 1 aromatic carbocycles. The number of aromatic nitrogens is 4. The monoisotopic (exact) mass is 598 g/mol. The molecule has 4 heterocycles. The third-order valence-electron chi connectivity index (χ3n) is 7.82. The van der Waals surface area contributed by atoms with Crippen molar-refractivity contribution in [3.63, 3.8) is 0 Å². The summed E-state index contributed by atoms with van der Waals surface area (Å²) in [6.45, 7) is 2.22. The topological polar surface area (TPSA) is 189 Å². The number of benzene rings is 1. The van der Waals surface area contributed by atoms with Crippen LogP contribution in [0.3, 0.4) is 0 Å². The van der Waals surface area contributed by atoms with Crippen LogP contribution in [-0.4, -0.2) is 68.6 Å². The van der Waals surface area contributed by atoms with Crippen LogP contribution < -0.4 is 25.6 Å². The van der Waals surface area contributed by atoms with Crippen LogP contribution in [0.4, 0.5) is 29.7 Å². The summed E-state index contributed by atoms with van der Waals surface area (Å²) < 4.78 is 50.1. The number of rotatable bonds is 6. The molecular formula is C27H25F3N8O5-2. The number of nitrogens with two attached hydrogens (primary N) is 1. The number of hydrogen-bond acceptors (Lipinski definition) is 11. The van der Waals surface area contributed by atoms with Gasteiger partial charge in [0.2, 0.25) is 17.9 Å². The fourth-order valence-corrected chi connectivity index (χ4v) is 5.69. The van der Waals surface area contributed by atoms with Gasteiger partial charge in [0.15, 0.2) is 0 Å². The predicted molar refractivity (Wildman–Crippen MR) is 138 cm³/mol. The van der Waals surface area contributed by atoms with E-state index < -0.39 is 41.7 Å². The number of nitriles is 1. The van der Waals surface area contributed by atoms with Gasteiger partial charge >= 0.3 is 6.18 Å². The third kappa shape index (κ3) is 5.96. The maximum Gasteiger partial charge on any atom is 0.429 e. The molecule has 2 saturated heterocycles. The van der Waals surface area contributed by atoms with E-state index >= 15 is 0 Å². The van der Waals surface area contributed by atoms with E-state index in [4.69, 9.17) is 10.5 Å². The lowest BCUT2D eigenvalue weighted by Crippen LogP contribution is -2.51. The van der Waals surface area contributed by atoms with Gasteiger partial charge in [-0.2, -0.15) is 33.5 Å². The van der Waals surface area contributed by atoms with Crippen LogP contribution in [0.5, 0.6) is 5.88 Å². The van der Waals surface area contributed by atoms with Crippen molar-refractivity contribution in [1.82, 2.24) is 24.6 Å². The van der Waals surface area contributed by atoms with Gasteiger partial charge in [0, 0.05) is 37.5 Å². The zero-order valence-electron chi connectivity index (χ0n) is 22.7. The van der Waals surface area contributed by atoms with Crippen LogP contribution in [-0.2, 0) is 4.79 Å². The van der Waals surface area contributed by atoms with Crippen molar-refractivity contribution in [2.45, 2.75) is 44.5 Å². The summed E-state index contributed by atoms with van der Waals surface area (Å²) >= 11 is 0. The summed E-state index contributed by atoms with van der Waals surface area (Å²) in [4.78, 5) is 33.5. The number of ether oxygens (including phenoxy) is 1. The summed E-state index contributed by atoms with van der Waals surface area (Å²) in [7, 11) is 0. The molecule has 2 aliphatic rings. The van der Waals surface area contributed by atoms with E-state index in [9.17, 15) is 38.2 Å². The molecule has 2 atom stereocenters. The lowest BCUT2D eigenvalue weighted by molar-refractivity contribution is -0.314. The fourth-order valence-electron chi connectivity index (χ4n) is 5.69. The fraction of sp³-hybridized carbons (Fsp3) is 0.407. The second kappa shape index (κ2) is 11.0. The minimum Gasteiger partial charge on any atom is -0.548 e. The summed E-state index contributed by atoms with van der Waals surface area (Å²) in [5, 5.41) is 36.5. The summed E-state index contributed by atoms with van der Waals surface area (Å²) in [6.07, 6.45) is -6.72. The molecule has 16 heteroatoms. The minimum absolute atomic E-state index is 0.00455. The molecule has 13 nitrogen and oxygen atoms in total. The largest absolute Gasteiger partial charge is 0.548 e. The second-order valence-corrected chi connectivity index (χ2v) is 10.7. The zero-order valence-corrected chi connectivity index (χ0v) is 22.7. The highest BCUT2D eigenvalue weighted by Gasteiger charge is 2.47. The number of nitrogen functional groups attached to an aromatic ring is 1. The highest BCUT2D eigenvalue weighted by molar-refractivity contribution is 5.78. The number of carboxylic acid groups (broad SMARTS) is 2. The Bertz CT molecular complexity index is 1570.